The summed E-state index contributed by atoms with van der Waals surface area (Å²) in [5.74, 6) is 2.33. The van der Waals surface area contributed by atoms with Gasteiger partial charge in [-0.2, -0.15) is 17.0 Å². The molecule has 1 saturated heterocycles. The molecular formula is C15H20N4OS. The molecule has 0 spiro atoms. The first-order valence-corrected chi connectivity index (χ1v) is 8.15. The first-order valence-electron chi connectivity index (χ1n) is 6.99. The summed E-state index contributed by atoms with van der Waals surface area (Å²) in [5, 5.41) is 9.02. The molecule has 6 heteroatoms. The van der Waals surface area contributed by atoms with Gasteiger partial charge in [0.25, 0.3) is 0 Å². The van der Waals surface area contributed by atoms with E-state index in [2.05, 4.69) is 16.0 Å². The number of nitrogens with two attached hydrogens (primary N) is 1. The van der Waals surface area contributed by atoms with Gasteiger partial charge in [0.1, 0.15) is 0 Å². The van der Waals surface area contributed by atoms with E-state index in [4.69, 9.17) is 15.7 Å². The molecule has 5 nitrogen and oxygen atoms in total. The van der Waals surface area contributed by atoms with Crippen LogP contribution in [0.1, 0.15) is 11.1 Å². The average Bonchev–Trinajstić information content (AvgIpc) is 2.55. The van der Waals surface area contributed by atoms with Gasteiger partial charge in [-0.1, -0.05) is 18.2 Å². The summed E-state index contributed by atoms with van der Waals surface area (Å²) < 4.78 is 5.28. The van der Waals surface area contributed by atoms with Gasteiger partial charge in [0, 0.05) is 24.6 Å². The summed E-state index contributed by atoms with van der Waals surface area (Å²) in [6, 6.07) is 9.92. The van der Waals surface area contributed by atoms with Crippen molar-refractivity contribution in [3.63, 3.8) is 0 Å². The highest BCUT2D eigenvalue weighted by Crippen LogP contribution is 2.15. The van der Waals surface area contributed by atoms with E-state index in [1.165, 1.54) is 0 Å². The van der Waals surface area contributed by atoms with Crippen molar-refractivity contribution in [1.82, 2.24) is 4.90 Å². The maximum Gasteiger partial charge on any atom is 0.191 e. The fourth-order valence-corrected chi connectivity index (χ4v) is 2.89. The predicted octanol–water partition coefficient (Wildman–Crippen LogP) is 1.44. The minimum Gasteiger partial charge on any atom is -0.378 e. The quantitative estimate of drug-likeness (QED) is 0.506. The number of hydrogen-bond acceptors (Lipinski definition) is 4. The highest BCUT2D eigenvalue weighted by molar-refractivity contribution is 7.98. The number of nitrogens with zero attached hydrogens (tertiary/aromatic N) is 3. The molecule has 0 saturated carbocycles. The standard InChI is InChI=1S/C15H20N4OS/c16-11-13-3-1-2-4-14(13)12-21-10-5-18-15(17)19-6-8-20-9-7-19/h1-4H,5-10,12H2,(H2,17,18). The predicted molar refractivity (Wildman–Crippen MR) is 86.2 cm³/mol. The zero-order valence-corrected chi connectivity index (χ0v) is 12.8. The molecule has 0 radical (unpaired) electrons. The molecule has 21 heavy (non-hydrogen) atoms. The van der Waals surface area contributed by atoms with Crippen LogP contribution in [0.3, 0.4) is 0 Å². The maximum atomic E-state index is 9.02. The summed E-state index contributed by atoms with van der Waals surface area (Å²) in [6.45, 7) is 3.77. The van der Waals surface area contributed by atoms with E-state index in [1.807, 2.05) is 24.3 Å². The van der Waals surface area contributed by atoms with Crippen LogP contribution in [0.25, 0.3) is 0 Å². The number of ether oxygens (including phenoxy) is 1. The Balaban J connectivity index is 1.71. The second-order valence-corrected chi connectivity index (χ2v) is 5.77. The summed E-state index contributed by atoms with van der Waals surface area (Å²) in [6.07, 6.45) is 0. The lowest BCUT2D eigenvalue weighted by molar-refractivity contribution is 0.0674. The largest absolute Gasteiger partial charge is 0.378 e. The van der Waals surface area contributed by atoms with Crippen molar-refractivity contribution in [1.29, 1.82) is 5.26 Å². The van der Waals surface area contributed by atoms with Crippen molar-refractivity contribution in [3.05, 3.63) is 35.4 Å². The van der Waals surface area contributed by atoms with E-state index in [0.717, 1.165) is 48.9 Å². The molecule has 0 bridgehead atoms. The van der Waals surface area contributed by atoms with Crippen LogP contribution < -0.4 is 5.73 Å². The molecule has 0 aromatic heterocycles. The minimum atomic E-state index is 0.608. The number of rotatable bonds is 5. The Bertz CT molecular complexity index is 521. The van der Waals surface area contributed by atoms with Crippen LogP contribution in [0.15, 0.2) is 29.3 Å². The number of nitriles is 1. The van der Waals surface area contributed by atoms with Gasteiger partial charge in [-0.15, -0.1) is 0 Å². The monoisotopic (exact) mass is 304 g/mol. The molecule has 1 aromatic rings. The van der Waals surface area contributed by atoms with Gasteiger partial charge in [-0.25, -0.2) is 0 Å². The first kappa shape index (κ1) is 15.7. The Morgan fingerprint density at radius 3 is 2.90 bits per heavy atom. The fourth-order valence-electron chi connectivity index (χ4n) is 2.05. The Morgan fingerprint density at radius 2 is 2.14 bits per heavy atom. The number of thioether (sulfide) groups is 1. The van der Waals surface area contributed by atoms with E-state index >= 15 is 0 Å². The summed E-state index contributed by atoms with van der Waals surface area (Å²) in [5.41, 5.74) is 7.79. The Kier molecular flexibility index (Phi) is 6.38. The Hall–Kier alpha value is -1.71. The molecule has 2 rings (SSSR count). The third kappa shape index (κ3) is 4.96. The van der Waals surface area contributed by atoms with Crippen LogP contribution in [0.4, 0.5) is 0 Å². The third-order valence-corrected chi connectivity index (χ3v) is 4.23. The third-order valence-electron chi connectivity index (χ3n) is 3.24. The van der Waals surface area contributed by atoms with Crippen LogP contribution in [0.5, 0.6) is 0 Å². The van der Waals surface area contributed by atoms with Crippen LogP contribution in [0.2, 0.25) is 0 Å². The van der Waals surface area contributed by atoms with Crippen LogP contribution in [0, 0.1) is 11.3 Å². The van der Waals surface area contributed by atoms with E-state index in [0.29, 0.717) is 12.5 Å². The SMILES string of the molecule is N#Cc1ccccc1CSCCN=C(N)N1CCOCC1. The summed E-state index contributed by atoms with van der Waals surface area (Å²) >= 11 is 1.77. The van der Waals surface area contributed by atoms with Gasteiger partial charge in [0.15, 0.2) is 5.96 Å². The molecule has 1 fully saturated rings. The second kappa shape index (κ2) is 8.55. The maximum absolute atomic E-state index is 9.02. The van der Waals surface area contributed by atoms with E-state index in [-0.39, 0.29) is 0 Å². The number of hydrogen-bond donors (Lipinski definition) is 1. The van der Waals surface area contributed by atoms with Crippen LogP contribution in [-0.2, 0) is 10.5 Å². The normalized spacial score (nSPS) is 15.8. The molecular weight excluding hydrogens is 284 g/mol. The molecule has 1 aliphatic heterocycles. The van der Waals surface area contributed by atoms with Gasteiger partial charge >= 0.3 is 0 Å². The smallest absolute Gasteiger partial charge is 0.191 e. The van der Waals surface area contributed by atoms with Crippen molar-refractivity contribution in [2.75, 3.05) is 38.6 Å². The first-order chi connectivity index (χ1) is 10.3. The number of morpholine rings is 1. The van der Waals surface area contributed by atoms with Crippen molar-refractivity contribution in [2.24, 2.45) is 10.7 Å². The van der Waals surface area contributed by atoms with Gasteiger partial charge in [-0.3, -0.25) is 4.99 Å². The van der Waals surface area contributed by atoms with Crippen molar-refractivity contribution >= 4 is 17.7 Å². The lowest BCUT2D eigenvalue weighted by atomic mass is 10.1. The molecule has 2 N–H and O–H groups in total. The topological polar surface area (TPSA) is 74.6 Å². The lowest BCUT2D eigenvalue weighted by Gasteiger charge is -2.27. The zero-order chi connectivity index (χ0) is 14.9. The van der Waals surface area contributed by atoms with Crippen LogP contribution in [-0.4, -0.2) is 49.5 Å². The fraction of sp³-hybridized carbons (Fsp3) is 0.467. The average molecular weight is 304 g/mol. The number of guanidine groups is 1. The van der Waals surface area contributed by atoms with Gasteiger partial charge < -0.3 is 15.4 Å². The highest BCUT2D eigenvalue weighted by Gasteiger charge is 2.11. The van der Waals surface area contributed by atoms with Crippen LogP contribution >= 0.6 is 11.8 Å². The Labute approximate surface area is 129 Å². The van der Waals surface area contributed by atoms with E-state index < -0.39 is 0 Å². The van der Waals surface area contributed by atoms with E-state index in [9.17, 15) is 0 Å². The molecule has 112 valence electrons. The molecule has 1 aromatic carbocycles. The minimum absolute atomic E-state index is 0.608. The zero-order valence-electron chi connectivity index (χ0n) is 12.0. The van der Waals surface area contributed by atoms with Crippen molar-refractivity contribution in [2.45, 2.75) is 5.75 Å². The molecule has 0 amide bonds. The number of aliphatic imine (C=N–C) groups is 1. The summed E-state index contributed by atoms with van der Waals surface area (Å²) in [7, 11) is 0. The highest BCUT2D eigenvalue weighted by atomic mass is 32.2. The van der Waals surface area contributed by atoms with E-state index in [1.54, 1.807) is 11.8 Å². The molecule has 1 aliphatic rings. The summed E-state index contributed by atoms with van der Waals surface area (Å²) in [4.78, 5) is 6.46. The number of benzene rings is 1. The lowest BCUT2D eigenvalue weighted by Crippen LogP contribution is -2.44. The second-order valence-electron chi connectivity index (χ2n) is 4.66. The van der Waals surface area contributed by atoms with Crippen molar-refractivity contribution < 1.29 is 4.74 Å². The molecule has 1 heterocycles. The van der Waals surface area contributed by atoms with Crippen molar-refractivity contribution in [3.8, 4) is 6.07 Å². The van der Waals surface area contributed by atoms with Gasteiger partial charge in [0.2, 0.25) is 0 Å². The molecule has 0 atom stereocenters. The van der Waals surface area contributed by atoms with Gasteiger partial charge in [-0.05, 0) is 11.6 Å². The van der Waals surface area contributed by atoms with Gasteiger partial charge in [0.05, 0.1) is 31.4 Å². The Morgan fingerprint density at radius 1 is 1.38 bits per heavy atom. The molecule has 0 unspecified atom stereocenters. The molecule has 0 aliphatic carbocycles.